The van der Waals surface area contributed by atoms with E-state index in [9.17, 15) is 43.6 Å². The molecule has 5 rings (SSSR count). The number of methoxy groups -OCH3 is 1. The van der Waals surface area contributed by atoms with Crippen LogP contribution in [0, 0.1) is 46.3 Å². The van der Waals surface area contributed by atoms with E-state index in [4.69, 9.17) is 18.4 Å². The Labute approximate surface area is 283 Å². The fourth-order valence-electron chi connectivity index (χ4n) is 10.4. The van der Waals surface area contributed by atoms with Gasteiger partial charge in [-0.3, -0.25) is 4.55 Å². The summed E-state index contributed by atoms with van der Waals surface area (Å²) in [5.41, 5.74) is -2.52. The van der Waals surface area contributed by atoms with Gasteiger partial charge in [-0.25, -0.2) is 4.18 Å². The first kappa shape index (κ1) is 38.2. The number of rotatable bonds is 10. The zero-order valence-electron chi connectivity index (χ0n) is 28.8. The van der Waals surface area contributed by atoms with Crippen molar-refractivity contribution >= 4 is 10.4 Å². The Morgan fingerprint density at radius 1 is 1.04 bits per heavy atom. The van der Waals surface area contributed by atoms with E-state index in [2.05, 4.69) is 0 Å². The molecule has 48 heavy (non-hydrogen) atoms. The zero-order chi connectivity index (χ0) is 35.6. The molecule has 0 spiro atoms. The van der Waals surface area contributed by atoms with Gasteiger partial charge in [0.2, 0.25) is 0 Å². The molecule has 5 aliphatic rings. The maximum Gasteiger partial charge on any atom is 0.397 e. The van der Waals surface area contributed by atoms with E-state index in [0.29, 0.717) is 31.3 Å². The van der Waals surface area contributed by atoms with Crippen LogP contribution in [0.3, 0.4) is 0 Å². The lowest BCUT2D eigenvalue weighted by atomic mass is 9.43. The molecule has 4 aliphatic carbocycles. The first-order valence-electron chi connectivity index (χ1n) is 17.2. The Hall–Kier alpha value is -1.01. The molecule has 14 heteroatoms. The quantitative estimate of drug-likeness (QED) is 0.127. The highest BCUT2D eigenvalue weighted by Crippen LogP contribution is 2.69. The summed E-state index contributed by atoms with van der Waals surface area (Å²) in [5, 5.41) is 66.4. The van der Waals surface area contributed by atoms with E-state index in [1.807, 2.05) is 52.8 Å². The number of hydrogen-bond donors (Lipinski definition) is 7. The molecule has 1 aliphatic heterocycles. The summed E-state index contributed by atoms with van der Waals surface area (Å²) in [6, 6.07) is 0. The highest BCUT2D eigenvalue weighted by atomic mass is 32.3. The van der Waals surface area contributed by atoms with Crippen LogP contribution in [0.4, 0.5) is 0 Å². The van der Waals surface area contributed by atoms with Crippen molar-refractivity contribution < 1.29 is 62.0 Å². The van der Waals surface area contributed by atoms with Crippen LogP contribution >= 0.6 is 0 Å². The highest BCUT2D eigenvalue weighted by molar-refractivity contribution is 7.80. The Morgan fingerprint density at radius 2 is 1.73 bits per heavy atom. The van der Waals surface area contributed by atoms with Gasteiger partial charge >= 0.3 is 10.4 Å². The zero-order valence-corrected chi connectivity index (χ0v) is 29.6. The molecule has 1 saturated heterocycles. The highest BCUT2D eigenvalue weighted by Gasteiger charge is 2.73. The molecule has 0 aromatic carbocycles. The molecule has 7 N–H and O–H groups in total. The molecule has 0 aromatic heterocycles. The van der Waals surface area contributed by atoms with Crippen molar-refractivity contribution in [3.63, 3.8) is 0 Å². The predicted octanol–water partition coefficient (Wildman–Crippen LogP) is 1.35. The van der Waals surface area contributed by atoms with Crippen molar-refractivity contribution in [3.05, 3.63) is 23.8 Å². The lowest BCUT2D eigenvalue weighted by molar-refractivity contribution is -0.285. The molecule has 0 amide bonds. The largest absolute Gasteiger partial charge is 0.397 e. The van der Waals surface area contributed by atoms with E-state index in [1.165, 1.54) is 7.11 Å². The number of hydrogen-bond acceptors (Lipinski definition) is 12. The minimum atomic E-state index is -5.02. The molecule has 0 bridgehead atoms. The maximum atomic E-state index is 12.8. The lowest BCUT2D eigenvalue weighted by Gasteiger charge is -2.64. The standard InChI is InChI=1S/C34H56O13S/c1-17(19(3)15-35)7-8-18(2)25-27(39)28(47-48(41,42)43)30-33(25,5)12-10-24-32(4)11-9-20(13-21(32)22(36)14-34(24,30)40)46-31-29(44-6)26(38)23(37)16-45-31/h7-8,13,17-20,22-31,35-40H,9-12,14-16H2,1-6H3,(H,41,42,43)/b8-7+/t17-,18+,19?,20-,22+,23+,24+,25-,26-,27+,28-,29+,30+,31-,32-,33+,34-/m0/s1. The topological polar surface area (TPSA) is 213 Å². The number of aliphatic hydroxyl groups excluding tert-OH is 5. The van der Waals surface area contributed by atoms with E-state index < -0.39 is 93.6 Å². The molecular formula is C34H56O13S. The third-order valence-electron chi connectivity index (χ3n) is 13.0. The minimum absolute atomic E-state index is 0.0142. The Kier molecular flexibility index (Phi) is 11.0. The fraction of sp³-hybridized carbons (Fsp3) is 0.882. The van der Waals surface area contributed by atoms with Crippen molar-refractivity contribution in [1.82, 2.24) is 0 Å². The summed E-state index contributed by atoms with van der Waals surface area (Å²) in [5.74, 6) is -2.15. The Morgan fingerprint density at radius 3 is 2.35 bits per heavy atom. The normalized spacial score (nSPS) is 48.3. The van der Waals surface area contributed by atoms with Gasteiger partial charge in [0.15, 0.2) is 6.29 Å². The average molecular weight is 705 g/mol. The summed E-state index contributed by atoms with van der Waals surface area (Å²) in [7, 11) is -3.63. The van der Waals surface area contributed by atoms with E-state index in [0.717, 1.165) is 0 Å². The molecule has 4 fully saturated rings. The third-order valence-corrected chi connectivity index (χ3v) is 13.4. The average Bonchev–Trinajstić information content (AvgIpc) is 3.22. The molecule has 0 radical (unpaired) electrons. The second-order valence-electron chi connectivity index (χ2n) is 15.8. The molecule has 0 aromatic rings. The second kappa shape index (κ2) is 13.8. The van der Waals surface area contributed by atoms with Crippen molar-refractivity contribution in [2.24, 2.45) is 46.3 Å². The van der Waals surface area contributed by atoms with Crippen LogP contribution in [0.1, 0.15) is 66.7 Å². The van der Waals surface area contributed by atoms with Crippen molar-refractivity contribution in [1.29, 1.82) is 0 Å². The van der Waals surface area contributed by atoms with Crippen molar-refractivity contribution in [3.8, 4) is 0 Å². The maximum absolute atomic E-state index is 12.8. The summed E-state index contributed by atoms with van der Waals surface area (Å²) in [6.45, 7) is 9.66. The first-order chi connectivity index (χ1) is 22.3. The monoisotopic (exact) mass is 704 g/mol. The van der Waals surface area contributed by atoms with Crippen LogP contribution in [-0.4, -0.2) is 119 Å². The smallest absolute Gasteiger partial charge is 0.396 e. The van der Waals surface area contributed by atoms with Gasteiger partial charge in [-0.2, -0.15) is 8.42 Å². The molecule has 1 unspecified atom stereocenters. The van der Waals surface area contributed by atoms with Gasteiger partial charge < -0.3 is 44.8 Å². The van der Waals surface area contributed by atoms with Crippen molar-refractivity contribution in [2.75, 3.05) is 20.3 Å². The molecule has 13 nitrogen and oxygen atoms in total. The minimum Gasteiger partial charge on any atom is -0.396 e. The Balaban J connectivity index is 1.47. The Bertz CT molecular complexity index is 1320. The number of allylic oxidation sites excluding steroid dienone is 2. The first-order valence-corrected chi connectivity index (χ1v) is 18.6. The number of aliphatic hydroxyl groups is 6. The van der Waals surface area contributed by atoms with E-state index in [1.54, 1.807) is 0 Å². The van der Waals surface area contributed by atoms with Gasteiger partial charge in [0.1, 0.15) is 24.4 Å². The van der Waals surface area contributed by atoms with E-state index >= 15 is 0 Å². The fourth-order valence-corrected chi connectivity index (χ4v) is 10.9. The lowest BCUT2D eigenvalue weighted by Crippen LogP contribution is -2.66. The molecule has 276 valence electrons. The number of fused-ring (bicyclic) bond motifs is 5. The molecule has 1 heterocycles. The third kappa shape index (κ3) is 6.58. The van der Waals surface area contributed by atoms with Crippen LogP contribution in [-0.2, 0) is 28.8 Å². The summed E-state index contributed by atoms with van der Waals surface area (Å²) in [6.07, 6.45) is -0.934. The number of ether oxygens (including phenoxy) is 3. The van der Waals surface area contributed by atoms with E-state index in [-0.39, 0.29) is 37.4 Å². The van der Waals surface area contributed by atoms with Gasteiger partial charge in [-0.15, -0.1) is 0 Å². The second-order valence-corrected chi connectivity index (χ2v) is 16.8. The van der Waals surface area contributed by atoms with Crippen LogP contribution in [0.25, 0.3) is 0 Å². The van der Waals surface area contributed by atoms with Gasteiger partial charge in [0.05, 0.1) is 30.5 Å². The van der Waals surface area contributed by atoms with Gasteiger partial charge in [-0.05, 0) is 71.7 Å². The van der Waals surface area contributed by atoms with Gasteiger partial charge in [0, 0.05) is 26.1 Å². The van der Waals surface area contributed by atoms with Crippen LogP contribution in [0.15, 0.2) is 23.8 Å². The van der Waals surface area contributed by atoms with Crippen molar-refractivity contribution in [2.45, 2.75) is 121 Å². The molecule has 3 saturated carbocycles. The molecule has 17 atom stereocenters. The van der Waals surface area contributed by atoms with Crippen LogP contribution in [0.2, 0.25) is 0 Å². The van der Waals surface area contributed by atoms with Crippen LogP contribution < -0.4 is 0 Å². The molecular weight excluding hydrogens is 648 g/mol. The predicted molar refractivity (Wildman–Crippen MR) is 172 cm³/mol. The SMILES string of the molecule is CO[C@H]1[C@H](O[C@@H]2C=C3[C@H](O)C[C@@]4(O)[C@@H]5[C@@H](OS(=O)(=O)O)[C@H](O)[C@H]([C@H](C)/C=C/[C@H](C)C(C)CO)[C@@]5(C)CC[C@@H]4[C@@]3(C)CC2)OC[C@@H](O)[C@@H]1O. The summed E-state index contributed by atoms with van der Waals surface area (Å²) >= 11 is 0. The van der Waals surface area contributed by atoms with Crippen LogP contribution in [0.5, 0.6) is 0 Å². The summed E-state index contributed by atoms with van der Waals surface area (Å²) < 4.78 is 56.7. The summed E-state index contributed by atoms with van der Waals surface area (Å²) in [4.78, 5) is 0. The van der Waals surface area contributed by atoms with Gasteiger partial charge in [-0.1, -0.05) is 52.8 Å². The van der Waals surface area contributed by atoms with Gasteiger partial charge in [0.25, 0.3) is 0 Å².